The van der Waals surface area contributed by atoms with Crippen molar-refractivity contribution in [2.24, 2.45) is 16.7 Å². The first-order valence-electron chi connectivity index (χ1n) is 9.16. The summed E-state index contributed by atoms with van der Waals surface area (Å²) in [6.07, 6.45) is 4.08. The topological polar surface area (TPSA) is 52.6 Å². The molecule has 0 fully saturated rings. The number of ether oxygens (including phenoxy) is 1. The average Bonchev–Trinajstić information content (AvgIpc) is 2.71. The van der Waals surface area contributed by atoms with Crippen LogP contribution < -0.4 is 0 Å². The summed E-state index contributed by atoms with van der Waals surface area (Å²) in [6.45, 7) is 12.7. The van der Waals surface area contributed by atoms with E-state index in [9.17, 15) is 9.59 Å². The fraction of sp³-hybridized carbons (Fsp3) is 0.789. The lowest BCUT2D eigenvalue weighted by Gasteiger charge is -2.43. The lowest BCUT2D eigenvalue weighted by Crippen LogP contribution is -2.39. The van der Waals surface area contributed by atoms with Crippen LogP contribution in [-0.4, -0.2) is 34.6 Å². The third kappa shape index (κ3) is 5.13. The highest BCUT2D eigenvalue weighted by Gasteiger charge is 2.55. The molecule has 144 valence electrons. The van der Waals surface area contributed by atoms with E-state index in [2.05, 4.69) is 27.7 Å². The maximum Gasteiger partial charge on any atom is 0.302 e. The van der Waals surface area contributed by atoms with Crippen LogP contribution in [0.25, 0.3) is 0 Å². The number of esters is 1. The summed E-state index contributed by atoms with van der Waals surface area (Å²) in [7, 11) is 0.602. The predicted molar refractivity (Wildman–Crippen MR) is 107 cm³/mol. The van der Waals surface area contributed by atoms with E-state index in [1.807, 2.05) is 6.92 Å². The number of carbonyl (C=O) groups excluding carboxylic acids is 2. The first-order chi connectivity index (χ1) is 11.6. The van der Waals surface area contributed by atoms with Gasteiger partial charge in [0.1, 0.15) is 5.76 Å². The molecule has 0 N–H and O–H groups in total. The Labute approximate surface area is 160 Å². The van der Waals surface area contributed by atoms with E-state index in [1.165, 1.54) is 6.92 Å². The molecule has 6 heteroatoms. The van der Waals surface area contributed by atoms with Gasteiger partial charge in [-0.25, -0.2) is 0 Å². The summed E-state index contributed by atoms with van der Waals surface area (Å²) in [5.74, 6) is 1.83. The van der Waals surface area contributed by atoms with E-state index in [1.54, 1.807) is 11.8 Å². The lowest BCUT2D eigenvalue weighted by molar-refractivity contribution is -0.141. The second kappa shape index (κ2) is 9.26. The van der Waals surface area contributed by atoms with E-state index < -0.39 is 0 Å². The summed E-state index contributed by atoms with van der Waals surface area (Å²) < 4.78 is 10.8. The Balaban J connectivity index is 2.57. The second-order valence-corrected chi connectivity index (χ2v) is 9.52. The molecule has 0 bridgehead atoms. The average molecular weight is 387 g/mol. The number of ketones is 1. The van der Waals surface area contributed by atoms with Gasteiger partial charge in [-0.1, -0.05) is 47.5 Å². The summed E-state index contributed by atoms with van der Waals surface area (Å²) in [6, 6.07) is 0. The molecular formula is C19H34O4SSi. The molecule has 4 nitrogen and oxygen atoms in total. The van der Waals surface area contributed by atoms with Gasteiger partial charge in [0, 0.05) is 18.3 Å². The Morgan fingerprint density at radius 3 is 2.36 bits per heavy atom. The lowest BCUT2D eigenvalue weighted by atomic mass is 9.62. The Hall–Kier alpha value is -0.753. The minimum Gasteiger partial charge on any atom is -0.555 e. The normalized spacial score (nSPS) is 24.1. The Morgan fingerprint density at radius 1 is 1.24 bits per heavy atom. The first-order valence-corrected chi connectivity index (χ1v) is 11.0. The van der Waals surface area contributed by atoms with Gasteiger partial charge in [0.05, 0.1) is 11.5 Å². The van der Waals surface area contributed by atoms with E-state index in [0.29, 0.717) is 17.1 Å². The highest BCUT2D eigenvalue weighted by atomic mass is 32.2. The minimum atomic E-state index is -0.238. The zero-order valence-electron chi connectivity index (χ0n) is 16.9. The highest BCUT2D eigenvalue weighted by Crippen LogP contribution is 2.57. The Morgan fingerprint density at radius 2 is 1.84 bits per heavy atom. The van der Waals surface area contributed by atoms with Crippen molar-refractivity contribution in [3.63, 3.8) is 0 Å². The smallest absolute Gasteiger partial charge is 0.302 e. The maximum atomic E-state index is 12.8. The first kappa shape index (κ1) is 22.3. The van der Waals surface area contributed by atoms with Gasteiger partial charge >= 0.3 is 5.97 Å². The fourth-order valence-electron chi connectivity index (χ4n) is 3.38. The molecule has 0 amide bonds. The molecule has 0 aliphatic heterocycles. The minimum absolute atomic E-state index is 0.0269. The Kier molecular flexibility index (Phi) is 8.26. The largest absolute Gasteiger partial charge is 0.555 e. The van der Waals surface area contributed by atoms with Crippen LogP contribution in [0.5, 0.6) is 0 Å². The molecule has 0 aromatic rings. The molecule has 0 aromatic heterocycles. The number of rotatable bonds is 9. The number of allylic oxidation sites excluding steroid dienone is 2. The summed E-state index contributed by atoms with van der Waals surface area (Å²) >= 11 is 1.66. The van der Waals surface area contributed by atoms with E-state index in [4.69, 9.17) is 9.16 Å². The quantitative estimate of drug-likeness (QED) is 0.344. The number of unbranched alkanes of at least 4 members (excludes halogenated alkanes) is 3. The summed E-state index contributed by atoms with van der Waals surface area (Å²) in [5.41, 5.74) is -0.265. The molecule has 2 atom stereocenters. The van der Waals surface area contributed by atoms with E-state index >= 15 is 0 Å². The van der Waals surface area contributed by atoms with Crippen LogP contribution in [0.2, 0.25) is 0 Å². The number of hydrogen-bond donors (Lipinski definition) is 0. The summed E-state index contributed by atoms with van der Waals surface area (Å²) in [4.78, 5) is 24.4. The summed E-state index contributed by atoms with van der Waals surface area (Å²) in [5, 5.41) is 0. The molecule has 0 spiro atoms. The van der Waals surface area contributed by atoms with Crippen molar-refractivity contribution in [1.29, 1.82) is 0 Å². The van der Waals surface area contributed by atoms with Crippen LogP contribution >= 0.6 is 11.8 Å². The monoisotopic (exact) mass is 386 g/mol. The second-order valence-electron chi connectivity index (χ2n) is 8.00. The molecular weight excluding hydrogens is 352 g/mol. The highest BCUT2D eigenvalue weighted by molar-refractivity contribution is 8.04. The number of hydrogen-bond acceptors (Lipinski definition) is 5. The van der Waals surface area contributed by atoms with Gasteiger partial charge in [0.25, 0.3) is 0 Å². The van der Waals surface area contributed by atoms with Crippen molar-refractivity contribution in [3.8, 4) is 0 Å². The predicted octanol–water partition coefficient (Wildman–Crippen LogP) is 3.62. The van der Waals surface area contributed by atoms with Gasteiger partial charge in [-0.05, 0) is 24.0 Å². The molecule has 1 aliphatic carbocycles. The maximum absolute atomic E-state index is 12.8. The van der Waals surface area contributed by atoms with Crippen LogP contribution in [0.1, 0.15) is 67.2 Å². The third-order valence-electron chi connectivity index (χ3n) is 5.51. The molecule has 0 saturated heterocycles. The van der Waals surface area contributed by atoms with Crippen LogP contribution in [-0.2, 0) is 18.8 Å². The van der Waals surface area contributed by atoms with Crippen molar-refractivity contribution in [2.75, 3.05) is 12.4 Å². The number of thioether (sulfide) groups is 1. The molecule has 1 rings (SSSR count). The van der Waals surface area contributed by atoms with Gasteiger partial charge in [0.15, 0.2) is 5.78 Å². The molecule has 25 heavy (non-hydrogen) atoms. The molecule has 0 aromatic carbocycles. The van der Waals surface area contributed by atoms with Gasteiger partial charge < -0.3 is 9.16 Å². The van der Waals surface area contributed by atoms with Gasteiger partial charge in [0.2, 0.25) is 10.5 Å². The van der Waals surface area contributed by atoms with Gasteiger partial charge in [-0.15, -0.1) is 11.8 Å². The Bertz CT molecular complexity index is 524. The van der Waals surface area contributed by atoms with Crippen molar-refractivity contribution < 1.29 is 18.8 Å². The molecule has 0 radical (unpaired) electrons. The molecule has 2 unspecified atom stereocenters. The SMILES string of the molecule is CC(=O)OCCCCCCSC1=C(O[SiH3])C(C)(C(C)(C)C)C(C)C1=O. The van der Waals surface area contributed by atoms with Crippen LogP contribution in [0, 0.1) is 16.7 Å². The van der Waals surface area contributed by atoms with Crippen LogP contribution in [0.3, 0.4) is 0 Å². The van der Waals surface area contributed by atoms with Crippen LogP contribution in [0.4, 0.5) is 0 Å². The number of carbonyl (C=O) groups is 2. The van der Waals surface area contributed by atoms with Crippen molar-refractivity contribution in [3.05, 3.63) is 10.7 Å². The zero-order valence-corrected chi connectivity index (χ0v) is 19.7. The van der Waals surface area contributed by atoms with Crippen molar-refractivity contribution in [1.82, 2.24) is 0 Å². The van der Waals surface area contributed by atoms with E-state index in [0.717, 1.165) is 42.1 Å². The van der Waals surface area contributed by atoms with E-state index in [-0.39, 0.29) is 28.5 Å². The molecule has 1 aliphatic rings. The standard InChI is InChI=1S/C19H34O4SSi/c1-13-15(21)16(17(23-25)19(13,6)18(3,4)5)24-12-10-8-7-9-11-22-14(2)20/h13H,7-12H2,1-6,25H3. The zero-order chi connectivity index (χ0) is 19.3. The fourth-order valence-corrected chi connectivity index (χ4v) is 5.46. The van der Waals surface area contributed by atoms with Crippen LogP contribution in [0.15, 0.2) is 10.7 Å². The van der Waals surface area contributed by atoms with Gasteiger partial charge in [-0.3, -0.25) is 9.59 Å². The molecule has 0 heterocycles. The third-order valence-corrected chi connectivity index (χ3v) is 7.09. The van der Waals surface area contributed by atoms with Crippen molar-refractivity contribution in [2.45, 2.75) is 67.2 Å². The molecule has 0 saturated carbocycles. The van der Waals surface area contributed by atoms with Crippen molar-refractivity contribution >= 4 is 34.0 Å². The number of Topliss-reactive ketones (excluding diaryl/α,β-unsaturated/α-hetero) is 1. The van der Waals surface area contributed by atoms with Gasteiger partial charge in [-0.2, -0.15) is 0 Å².